The second-order valence-electron chi connectivity index (χ2n) is 6.90. The van der Waals surface area contributed by atoms with Crippen LogP contribution in [0.2, 0.25) is 0 Å². The molecule has 2 heterocycles. The number of aromatic amines is 1. The van der Waals surface area contributed by atoms with E-state index in [2.05, 4.69) is 48.4 Å². The molecule has 1 aromatic heterocycles. The van der Waals surface area contributed by atoms with E-state index in [0.717, 1.165) is 25.9 Å². The van der Waals surface area contributed by atoms with Gasteiger partial charge in [-0.15, -0.1) is 0 Å². The van der Waals surface area contributed by atoms with Gasteiger partial charge in [0.2, 0.25) is 5.91 Å². The number of carbonyl (C=O) groups is 1. The summed E-state index contributed by atoms with van der Waals surface area (Å²) >= 11 is 0. The Morgan fingerprint density at radius 2 is 2.08 bits per heavy atom. The van der Waals surface area contributed by atoms with Crippen LogP contribution in [0, 0.1) is 0 Å². The first-order valence-corrected chi connectivity index (χ1v) is 8.73. The van der Waals surface area contributed by atoms with Crippen molar-refractivity contribution in [1.82, 2.24) is 15.0 Å². The first-order valence-electron chi connectivity index (χ1n) is 8.73. The molecule has 0 aliphatic carbocycles. The van der Waals surface area contributed by atoms with Gasteiger partial charge in [-0.3, -0.25) is 9.59 Å². The van der Waals surface area contributed by atoms with Crippen molar-refractivity contribution in [2.24, 2.45) is 0 Å². The maximum Gasteiger partial charge on any atom is 0.280 e. The number of nitrogens with zero attached hydrogens (tertiary/aromatic N) is 2. The minimum Gasteiger partial charge on any atom is -0.384 e. The quantitative estimate of drug-likeness (QED) is 0.874. The Bertz CT molecular complexity index is 761. The van der Waals surface area contributed by atoms with Crippen LogP contribution < -0.4 is 5.56 Å². The van der Waals surface area contributed by atoms with Gasteiger partial charge in [0, 0.05) is 32.0 Å². The number of amides is 1. The summed E-state index contributed by atoms with van der Waals surface area (Å²) in [5, 5.41) is 2.26. The summed E-state index contributed by atoms with van der Waals surface area (Å²) in [6.07, 6.45) is 2.83. The first kappa shape index (κ1) is 17.5. The summed E-state index contributed by atoms with van der Waals surface area (Å²) in [5.74, 6) is 0.644. The van der Waals surface area contributed by atoms with Crippen LogP contribution in [0.15, 0.2) is 39.6 Å². The molecule has 1 aliphatic rings. The molecule has 25 heavy (non-hydrogen) atoms. The highest BCUT2D eigenvalue weighted by molar-refractivity contribution is 5.77. The van der Waals surface area contributed by atoms with Crippen LogP contribution >= 0.6 is 0 Å². The van der Waals surface area contributed by atoms with Crippen LogP contribution in [0.3, 0.4) is 0 Å². The van der Waals surface area contributed by atoms with E-state index in [9.17, 15) is 9.59 Å². The van der Waals surface area contributed by atoms with Crippen molar-refractivity contribution in [1.29, 1.82) is 0 Å². The molecular formula is C19H25N3O3. The van der Waals surface area contributed by atoms with Crippen molar-refractivity contribution < 1.29 is 9.32 Å². The van der Waals surface area contributed by atoms with Crippen molar-refractivity contribution in [2.75, 3.05) is 20.6 Å². The Hall–Kier alpha value is -2.34. The molecule has 0 saturated carbocycles. The highest BCUT2D eigenvalue weighted by Gasteiger charge is 2.29. The lowest BCUT2D eigenvalue weighted by atomic mass is 10.0. The van der Waals surface area contributed by atoms with E-state index in [1.165, 1.54) is 17.2 Å². The molecule has 6 nitrogen and oxygen atoms in total. The largest absolute Gasteiger partial charge is 0.384 e. The van der Waals surface area contributed by atoms with Crippen molar-refractivity contribution in [2.45, 2.75) is 38.3 Å². The van der Waals surface area contributed by atoms with Crippen LogP contribution in [-0.2, 0) is 17.8 Å². The third kappa shape index (κ3) is 4.39. The number of H-pyrrole nitrogens is 1. The standard InChI is InChI=1S/C19H25N3O3/c1-21(2)13-14-5-7-15(8-6-14)17-4-3-11-22(17)19(24)10-9-16-12-18(23)20-25-16/h5-8,12,17H,3-4,9-11,13H2,1-2H3,(H,20,23)/t17-/m0/s1. The zero-order valence-corrected chi connectivity index (χ0v) is 14.8. The molecule has 1 amide bonds. The van der Waals surface area contributed by atoms with Gasteiger partial charge in [0.25, 0.3) is 5.56 Å². The molecule has 0 radical (unpaired) electrons. The van der Waals surface area contributed by atoms with E-state index >= 15 is 0 Å². The van der Waals surface area contributed by atoms with Gasteiger partial charge in [-0.1, -0.05) is 24.3 Å². The fourth-order valence-electron chi connectivity index (χ4n) is 3.44. The lowest BCUT2D eigenvalue weighted by molar-refractivity contribution is -0.132. The number of carbonyl (C=O) groups excluding carboxylic acids is 1. The van der Waals surface area contributed by atoms with Gasteiger partial charge in [-0.25, -0.2) is 0 Å². The van der Waals surface area contributed by atoms with E-state index < -0.39 is 0 Å². The second kappa shape index (κ2) is 7.70. The predicted octanol–water partition coefficient (Wildman–Crippen LogP) is 2.33. The van der Waals surface area contributed by atoms with E-state index in [0.29, 0.717) is 18.6 Å². The smallest absolute Gasteiger partial charge is 0.280 e. The van der Waals surface area contributed by atoms with Gasteiger partial charge < -0.3 is 14.3 Å². The fraction of sp³-hybridized carbons (Fsp3) is 0.474. The molecule has 134 valence electrons. The number of hydrogen-bond acceptors (Lipinski definition) is 4. The highest BCUT2D eigenvalue weighted by atomic mass is 16.5. The van der Waals surface area contributed by atoms with Crippen LogP contribution in [0.5, 0.6) is 0 Å². The number of hydrogen-bond donors (Lipinski definition) is 1. The number of nitrogens with one attached hydrogen (secondary N) is 1. The Labute approximate surface area is 147 Å². The summed E-state index contributed by atoms with van der Waals surface area (Å²) in [5.41, 5.74) is 2.20. The molecule has 1 N–H and O–H groups in total. The summed E-state index contributed by atoms with van der Waals surface area (Å²) in [6.45, 7) is 1.70. The molecule has 1 saturated heterocycles. The minimum atomic E-state index is -0.265. The molecule has 1 atom stereocenters. The summed E-state index contributed by atoms with van der Waals surface area (Å²) in [4.78, 5) is 27.8. The third-order valence-corrected chi connectivity index (χ3v) is 4.60. The van der Waals surface area contributed by atoms with Crippen molar-refractivity contribution in [3.05, 3.63) is 57.6 Å². The third-order valence-electron chi connectivity index (χ3n) is 4.60. The molecule has 6 heteroatoms. The van der Waals surface area contributed by atoms with Gasteiger partial charge in [0.1, 0.15) is 5.76 Å². The van der Waals surface area contributed by atoms with E-state index in [-0.39, 0.29) is 17.5 Å². The first-order chi connectivity index (χ1) is 12.0. The Morgan fingerprint density at radius 1 is 1.32 bits per heavy atom. The number of benzene rings is 1. The Kier molecular flexibility index (Phi) is 5.38. The number of aryl methyl sites for hydroxylation is 1. The normalized spacial score (nSPS) is 17.4. The lowest BCUT2D eigenvalue weighted by Gasteiger charge is -2.25. The molecule has 1 fully saturated rings. The second-order valence-corrected chi connectivity index (χ2v) is 6.90. The van der Waals surface area contributed by atoms with Crippen LogP contribution in [0.4, 0.5) is 0 Å². The zero-order chi connectivity index (χ0) is 17.8. The van der Waals surface area contributed by atoms with Crippen molar-refractivity contribution in [3.8, 4) is 0 Å². The molecule has 2 aromatic rings. The van der Waals surface area contributed by atoms with E-state index in [4.69, 9.17) is 4.52 Å². The highest BCUT2D eigenvalue weighted by Crippen LogP contribution is 2.32. The minimum absolute atomic E-state index is 0.115. The maximum absolute atomic E-state index is 12.6. The average Bonchev–Trinajstić information content (AvgIpc) is 3.22. The Balaban J connectivity index is 1.63. The molecule has 3 rings (SSSR count). The van der Waals surface area contributed by atoms with Gasteiger partial charge in [-0.2, -0.15) is 5.16 Å². The van der Waals surface area contributed by atoms with Gasteiger partial charge in [-0.05, 0) is 38.1 Å². The molecule has 1 aliphatic heterocycles. The number of likely N-dealkylation sites (tertiary alicyclic amines) is 1. The maximum atomic E-state index is 12.6. The fourth-order valence-corrected chi connectivity index (χ4v) is 3.44. The van der Waals surface area contributed by atoms with Gasteiger partial charge in [0.05, 0.1) is 6.04 Å². The molecule has 1 aromatic carbocycles. The summed E-state index contributed by atoms with van der Waals surface area (Å²) in [6, 6.07) is 10.1. The summed E-state index contributed by atoms with van der Waals surface area (Å²) in [7, 11) is 4.11. The van der Waals surface area contributed by atoms with Crippen LogP contribution in [0.25, 0.3) is 0 Å². The topological polar surface area (TPSA) is 69.6 Å². The van der Waals surface area contributed by atoms with Crippen LogP contribution in [-0.4, -0.2) is 41.5 Å². The van der Waals surface area contributed by atoms with Gasteiger partial charge >= 0.3 is 0 Å². The zero-order valence-electron chi connectivity index (χ0n) is 14.8. The van der Waals surface area contributed by atoms with Crippen LogP contribution in [0.1, 0.15) is 42.2 Å². The van der Waals surface area contributed by atoms with E-state index in [1.54, 1.807) is 0 Å². The number of rotatable bonds is 6. The number of aromatic nitrogens is 1. The molecule has 0 spiro atoms. The lowest BCUT2D eigenvalue weighted by Crippen LogP contribution is -2.30. The van der Waals surface area contributed by atoms with Gasteiger partial charge in [0.15, 0.2) is 0 Å². The van der Waals surface area contributed by atoms with Crippen molar-refractivity contribution in [3.63, 3.8) is 0 Å². The monoisotopic (exact) mass is 343 g/mol. The SMILES string of the molecule is CN(C)Cc1ccc([C@@H]2CCCN2C(=O)CCc2cc(=O)[nH]o2)cc1. The van der Waals surface area contributed by atoms with Crippen molar-refractivity contribution >= 4 is 5.91 Å². The predicted molar refractivity (Wildman–Crippen MR) is 95.2 cm³/mol. The average molecular weight is 343 g/mol. The molecule has 0 bridgehead atoms. The molecular weight excluding hydrogens is 318 g/mol. The Morgan fingerprint density at radius 3 is 2.72 bits per heavy atom. The van der Waals surface area contributed by atoms with E-state index in [1.807, 2.05) is 4.90 Å². The summed E-state index contributed by atoms with van der Waals surface area (Å²) < 4.78 is 5.02. The molecule has 0 unspecified atom stereocenters.